The van der Waals surface area contributed by atoms with Crippen LogP contribution in [0.3, 0.4) is 0 Å². The molecule has 10 heteroatoms. The van der Waals surface area contributed by atoms with E-state index >= 15 is 0 Å². The summed E-state index contributed by atoms with van der Waals surface area (Å²) in [7, 11) is 0. The molecule has 0 bridgehead atoms. The van der Waals surface area contributed by atoms with E-state index in [-0.39, 0.29) is 23.4 Å². The number of rotatable bonds is 6. The van der Waals surface area contributed by atoms with Gasteiger partial charge in [0, 0.05) is 31.7 Å². The van der Waals surface area contributed by atoms with Crippen molar-refractivity contribution in [3.8, 4) is 0 Å². The topological polar surface area (TPSA) is 171 Å². The van der Waals surface area contributed by atoms with Gasteiger partial charge in [-0.05, 0) is 18.2 Å². The summed E-state index contributed by atoms with van der Waals surface area (Å²) in [5.41, 5.74) is 17.6. The van der Waals surface area contributed by atoms with Crippen LogP contribution in [-0.2, 0) is 0 Å². The van der Waals surface area contributed by atoms with Crippen LogP contribution in [0.2, 0.25) is 0 Å². The summed E-state index contributed by atoms with van der Waals surface area (Å²) in [5.74, 6) is 0.0477. The third kappa shape index (κ3) is 4.55. The minimum absolute atomic E-state index is 0.0244. The van der Waals surface area contributed by atoms with Crippen molar-refractivity contribution >= 4 is 17.6 Å². The Balaban J connectivity index is 2.09. The molecule has 0 saturated carbocycles. The number of hydrogen-bond donors (Lipinski definition) is 4. The van der Waals surface area contributed by atoms with Crippen LogP contribution >= 0.6 is 0 Å². The first-order valence-corrected chi connectivity index (χ1v) is 7.00. The van der Waals surface area contributed by atoms with E-state index in [1.165, 1.54) is 18.6 Å². The van der Waals surface area contributed by atoms with E-state index < -0.39 is 0 Å². The van der Waals surface area contributed by atoms with Crippen LogP contribution in [0.15, 0.2) is 47.0 Å². The first kappa shape index (κ1) is 17.0. The molecule has 0 spiro atoms. The Bertz CT molecular complexity index is 741. The van der Waals surface area contributed by atoms with Crippen LogP contribution in [0, 0.1) is 0 Å². The lowest BCUT2D eigenvalue weighted by Crippen LogP contribution is -2.29. The zero-order valence-corrected chi connectivity index (χ0v) is 12.8. The Kier molecular flexibility index (Phi) is 5.86. The average Bonchev–Trinajstić information content (AvgIpc) is 2.64. The molecule has 2 rings (SSSR count). The van der Waals surface area contributed by atoms with Crippen LogP contribution in [0.5, 0.6) is 0 Å². The summed E-state index contributed by atoms with van der Waals surface area (Å²) in [6, 6.07) is 4.79. The van der Waals surface area contributed by atoms with Crippen LogP contribution in [0.1, 0.15) is 21.9 Å². The van der Waals surface area contributed by atoms with Crippen molar-refractivity contribution in [3.63, 3.8) is 0 Å². The van der Waals surface area contributed by atoms with Gasteiger partial charge in [0.25, 0.3) is 5.91 Å². The lowest BCUT2D eigenvalue weighted by molar-refractivity contribution is 0.0954. The monoisotopic (exact) mass is 327 g/mol. The van der Waals surface area contributed by atoms with E-state index in [2.05, 4.69) is 30.5 Å². The summed E-state index contributed by atoms with van der Waals surface area (Å²) in [6.07, 6.45) is 4.46. The molecule has 0 aromatic carbocycles. The molecule has 1 amide bonds. The van der Waals surface area contributed by atoms with E-state index in [4.69, 9.17) is 17.2 Å². The van der Waals surface area contributed by atoms with Crippen molar-refractivity contribution in [3.05, 3.63) is 53.9 Å². The number of amides is 1. The molecular formula is C14H17N9O. The molecule has 0 fully saturated rings. The fourth-order valence-electron chi connectivity index (χ4n) is 1.60. The van der Waals surface area contributed by atoms with Gasteiger partial charge in [-0.1, -0.05) is 0 Å². The lowest BCUT2D eigenvalue weighted by Gasteiger charge is -2.04. The third-order valence-electron chi connectivity index (χ3n) is 2.78. The maximum atomic E-state index is 11.7. The maximum absolute atomic E-state index is 11.7. The third-order valence-corrected chi connectivity index (χ3v) is 2.78. The molecule has 2 heterocycles. The first-order valence-electron chi connectivity index (χ1n) is 7.00. The Morgan fingerprint density at radius 2 is 1.79 bits per heavy atom. The Morgan fingerprint density at radius 3 is 2.42 bits per heavy atom. The second-order valence-corrected chi connectivity index (χ2v) is 4.52. The molecule has 0 atom stereocenters. The molecule has 24 heavy (non-hydrogen) atoms. The van der Waals surface area contributed by atoms with Crippen molar-refractivity contribution in [2.24, 2.45) is 27.4 Å². The minimum atomic E-state index is -0.265. The van der Waals surface area contributed by atoms with Crippen LogP contribution in [0.25, 0.3) is 0 Å². The highest BCUT2D eigenvalue weighted by atomic mass is 16.1. The van der Waals surface area contributed by atoms with Crippen LogP contribution < -0.4 is 22.5 Å². The minimum Gasteiger partial charge on any atom is -0.380 e. The molecule has 0 aliphatic heterocycles. The molecular weight excluding hydrogens is 310 g/mol. The fourth-order valence-corrected chi connectivity index (χ4v) is 1.60. The molecule has 2 aromatic rings. The molecule has 0 unspecified atom stereocenters. The molecule has 2 aromatic heterocycles. The van der Waals surface area contributed by atoms with Crippen molar-refractivity contribution in [2.75, 3.05) is 13.1 Å². The smallest absolute Gasteiger partial charge is 0.252 e. The van der Waals surface area contributed by atoms with E-state index in [0.29, 0.717) is 24.3 Å². The maximum Gasteiger partial charge on any atom is 0.252 e. The second-order valence-electron chi connectivity index (χ2n) is 4.52. The fraction of sp³-hybridized carbons (Fsp3) is 0.143. The van der Waals surface area contributed by atoms with Crippen molar-refractivity contribution in [1.82, 2.24) is 20.3 Å². The number of hydrogen-bond acceptors (Lipinski definition) is 7. The molecule has 0 aliphatic rings. The van der Waals surface area contributed by atoms with Gasteiger partial charge in [0.05, 0.1) is 5.56 Å². The molecule has 0 radical (unpaired) electrons. The normalized spacial score (nSPS) is 12.0. The Labute approximate surface area is 137 Å². The number of nitrogens with zero attached hydrogens (tertiary/aromatic N) is 5. The quantitative estimate of drug-likeness (QED) is 0.286. The van der Waals surface area contributed by atoms with Crippen molar-refractivity contribution in [1.29, 1.82) is 0 Å². The van der Waals surface area contributed by atoms with Gasteiger partial charge in [-0.3, -0.25) is 9.78 Å². The number of amidine groups is 2. The van der Waals surface area contributed by atoms with Gasteiger partial charge in [0.1, 0.15) is 5.69 Å². The van der Waals surface area contributed by atoms with E-state index in [1.807, 2.05) is 0 Å². The number of pyridine rings is 1. The van der Waals surface area contributed by atoms with Gasteiger partial charge >= 0.3 is 0 Å². The summed E-state index contributed by atoms with van der Waals surface area (Å²) >= 11 is 0. The molecule has 124 valence electrons. The van der Waals surface area contributed by atoms with Gasteiger partial charge in [0.2, 0.25) is 0 Å². The largest absolute Gasteiger partial charge is 0.380 e. The number of nitrogens with one attached hydrogen (secondary N) is 1. The lowest BCUT2D eigenvalue weighted by atomic mass is 10.2. The van der Waals surface area contributed by atoms with Gasteiger partial charge in [-0.25, -0.2) is 9.97 Å². The van der Waals surface area contributed by atoms with Crippen LogP contribution in [-0.4, -0.2) is 45.6 Å². The second kappa shape index (κ2) is 8.29. The molecule has 0 aliphatic carbocycles. The predicted octanol–water partition coefficient (Wildman–Crippen LogP) is -1.41. The Morgan fingerprint density at radius 1 is 1.08 bits per heavy atom. The van der Waals surface area contributed by atoms with Gasteiger partial charge in [-0.15, -0.1) is 10.2 Å². The summed E-state index contributed by atoms with van der Waals surface area (Å²) < 4.78 is 0. The van der Waals surface area contributed by atoms with Gasteiger partial charge in [-0.2, -0.15) is 0 Å². The summed E-state index contributed by atoms with van der Waals surface area (Å²) in [4.78, 5) is 23.7. The highest BCUT2D eigenvalue weighted by Gasteiger charge is 2.07. The highest BCUT2D eigenvalue weighted by molar-refractivity contribution is 5.99. The highest BCUT2D eigenvalue weighted by Crippen LogP contribution is 2.01. The predicted molar refractivity (Wildman–Crippen MR) is 89.1 cm³/mol. The molecule has 0 saturated heterocycles. The first-order chi connectivity index (χ1) is 11.6. The summed E-state index contributed by atoms with van der Waals surface area (Å²) in [5, 5.41) is 10.2. The zero-order chi connectivity index (χ0) is 17.4. The van der Waals surface area contributed by atoms with E-state index in [9.17, 15) is 4.79 Å². The average molecular weight is 327 g/mol. The van der Waals surface area contributed by atoms with E-state index in [1.54, 1.807) is 18.2 Å². The van der Waals surface area contributed by atoms with E-state index in [0.717, 1.165) is 0 Å². The summed E-state index contributed by atoms with van der Waals surface area (Å²) in [6.45, 7) is 0.751. The van der Waals surface area contributed by atoms with Gasteiger partial charge < -0.3 is 22.5 Å². The van der Waals surface area contributed by atoms with Gasteiger partial charge in [0.15, 0.2) is 17.5 Å². The number of carbonyl (C=O) groups excluding carboxylic acids is 1. The van der Waals surface area contributed by atoms with Crippen molar-refractivity contribution in [2.45, 2.75) is 0 Å². The zero-order valence-electron chi connectivity index (χ0n) is 12.8. The Hall–Kier alpha value is -3.40. The standard InChI is InChI=1S/C14H17N9O/c15-4-7-20-14(24)9-2-3-10(21-8-9)11(16)22-23-12(17)13-18-5-1-6-19-13/h1-3,5-6,8H,4,7,15H2,(H2,16,22)(H2,17,23)(H,20,24). The number of aromatic nitrogens is 3. The SMILES string of the molecule is NCCNC(=O)c1ccc(/C(N)=N/N=C(\N)c2ncccn2)nc1. The van der Waals surface area contributed by atoms with Crippen molar-refractivity contribution < 1.29 is 4.79 Å². The number of nitrogens with two attached hydrogens (primary N) is 3. The number of carbonyl (C=O) groups is 1. The van der Waals surface area contributed by atoms with Crippen LogP contribution in [0.4, 0.5) is 0 Å². The molecule has 7 N–H and O–H groups in total. The molecule has 10 nitrogen and oxygen atoms in total.